The Bertz CT molecular complexity index is 27.0. The minimum atomic E-state index is 0. The van der Waals surface area contributed by atoms with Crippen LogP contribution in [0.5, 0.6) is 0 Å². The van der Waals surface area contributed by atoms with Crippen LogP contribution in [0, 0.1) is 0 Å². The molecule has 0 aromatic carbocycles. The molecule has 0 heterocycles. The van der Waals surface area contributed by atoms with E-state index in [9.17, 15) is 0 Å². The van der Waals surface area contributed by atoms with Crippen LogP contribution in [0.15, 0.2) is 0 Å². The van der Waals surface area contributed by atoms with Gasteiger partial charge in [-0.1, -0.05) is 29.7 Å². The van der Waals surface area contributed by atoms with Gasteiger partial charge in [-0.2, -0.15) is 0 Å². The Morgan fingerprint density at radius 2 is 0.571 bits per heavy atom. The van der Waals surface area contributed by atoms with Crippen molar-refractivity contribution in [3.8, 4) is 0 Å². The third kappa shape index (κ3) is 97700. The number of nitrogens with one attached hydrogen (secondary N) is 2. The van der Waals surface area contributed by atoms with Crippen LogP contribution in [-0.2, 0) is 0 Å². The predicted molar refractivity (Wildman–Crippen MR) is 76.5 cm³/mol. The Hall–Kier alpha value is -0.120. The highest BCUT2D eigenvalue weighted by Crippen LogP contribution is 1.47. The predicted octanol–water partition coefficient (Wildman–Crippen LogP) is 2.39. The Morgan fingerprint density at radius 3 is 0.571 bits per heavy atom. The normalized spacial score (nSPS) is 5.14. The van der Waals surface area contributed by atoms with Gasteiger partial charge in [0.05, 0.1) is 0 Å². The van der Waals surface area contributed by atoms with Gasteiger partial charge in [-0.25, -0.2) is 0 Å². The van der Waals surface area contributed by atoms with E-state index in [1.807, 2.05) is 54.2 Å². The topological polar surface area (TPSA) is 27.3 Å². The Balaban J connectivity index is -0.00000000929. The lowest BCUT2D eigenvalue weighted by atomic mass is 11.0. The molecule has 3 heteroatoms. The van der Waals surface area contributed by atoms with Crippen molar-refractivity contribution in [1.82, 2.24) is 15.5 Å². The summed E-state index contributed by atoms with van der Waals surface area (Å²) in [5.41, 5.74) is 0. The van der Waals surface area contributed by atoms with Crippen molar-refractivity contribution in [3.63, 3.8) is 0 Å². The summed E-state index contributed by atoms with van der Waals surface area (Å²) in [6.07, 6.45) is 0. The molecule has 0 bridgehead atoms. The van der Waals surface area contributed by atoms with Gasteiger partial charge in [0, 0.05) is 0 Å². The quantitative estimate of drug-likeness (QED) is 0.647. The average Bonchev–Trinajstić information content (AvgIpc) is 1.65. The SMILES string of the molecule is C.C.C.C.CN(C)C.CNC.CNC. The van der Waals surface area contributed by atoms with Gasteiger partial charge in [0.15, 0.2) is 0 Å². The highest BCUT2D eigenvalue weighted by Gasteiger charge is 1.58. The maximum atomic E-state index is 2.75. The third-order valence-electron chi connectivity index (χ3n) is 0. The van der Waals surface area contributed by atoms with Crippen LogP contribution in [0.2, 0.25) is 0 Å². The van der Waals surface area contributed by atoms with Crippen LogP contribution in [0.4, 0.5) is 0 Å². The number of hydrogen-bond acceptors (Lipinski definition) is 3. The van der Waals surface area contributed by atoms with Crippen molar-refractivity contribution in [1.29, 1.82) is 0 Å². The largest absolute Gasteiger partial charge is 0.323 e. The molecule has 0 rings (SSSR count). The fraction of sp³-hybridized carbons (Fsp3) is 1.00. The van der Waals surface area contributed by atoms with E-state index >= 15 is 0 Å². The summed E-state index contributed by atoms with van der Waals surface area (Å²) in [6.45, 7) is 0. The first kappa shape index (κ1) is 48.6. The number of nitrogens with zero attached hydrogens (tertiary/aromatic N) is 1. The van der Waals surface area contributed by atoms with Crippen molar-refractivity contribution in [2.45, 2.75) is 29.7 Å². The molecule has 0 aromatic heterocycles. The molecule has 0 radical (unpaired) electrons. The van der Waals surface area contributed by atoms with Crippen LogP contribution < -0.4 is 10.6 Å². The first-order valence-electron chi connectivity index (χ1n) is 3.34. The average molecular weight is 213 g/mol. The summed E-state index contributed by atoms with van der Waals surface area (Å²) >= 11 is 0. The first-order valence-corrected chi connectivity index (χ1v) is 3.34. The lowest BCUT2D eigenvalue weighted by molar-refractivity contribution is 0.505. The van der Waals surface area contributed by atoms with Crippen molar-refractivity contribution in [2.75, 3.05) is 49.3 Å². The number of hydrogen-bond donors (Lipinski definition) is 2. The van der Waals surface area contributed by atoms with Gasteiger partial charge in [-0.15, -0.1) is 0 Å². The summed E-state index contributed by atoms with van der Waals surface area (Å²) in [4.78, 5) is 2.00. The Kier molecular flexibility index (Phi) is 265. The highest BCUT2D eigenvalue weighted by atomic mass is 15.0. The standard InChI is InChI=1S/C3H9N.2C2H7N.4CH4/c1-4(2)3;2*1-3-2;;;;/h1-3H3;2*3H,1-2H3;4*1H4. The molecular formula is C11H39N3. The minimum Gasteiger partial charge on any atom is -0.323 e. The van der Waals surface area contributed by atoms with Crippen LogP contribution in [0.1, 0.15) is 29.7 Å². The van der Waals surface area contributed by atoms with E-state index in [2.05, 4.69) is 10.6 Å². The fourth-order valence-electron chi connectivity index (χ4n) is 0. The lowest BCUT2D eigenvalue weighted by Gasteiger charge is -1.90. The zero-order valence-electron chi connectivity index (χ0n) is 8.45. The monoisotopic (exact) mass is 213 g/mol. The molecular weight excluding hydrogens is 174 g/mol. The second-order valence-corrected chi connectivity index (χ2v) is 2.34. The Labute approximate surface area is 95.3 Å². The van der Waals surface area contributed by atoms with Gasteiger partial charge < -0.3 is 15.5 Å². The summed E-state index contributed by atoms with van der Waals surface area (Å²) in [5.74, 6) is 0. The molecule has 0 aliphatic rings. The van der Waals surface area contributed by atoms with Crippen LogP contribution in [0.3, 0.4) is 0 Å². The van der Waals surface area contributed by atoms with Crippen LogP contribution in [0.25, 0.3) is 0 Å². The zero-order chi connectivity index (χ0) is 8.99. The minimum absolute atomic E-state index is 0. The van der Waals surface area contributed by atoms with E-state index in [1.54, 1.807) is 0 Å². The van der Waals surface area contributed by atoms with Gasteiger partial charge in [-0.05, 0) is 49.3 Å². The second kappa shape index (κ2) is 76.3. The molecule has 0 aromatic rings. The van der Waals surface area contributed by atoms with Gasteiger partial charge in [0.2, 0.25) is 0 Å². The molecule has 0 aliphatic carbocycles. The zero-order valence-corrected chi connectivity index (χ0v) is 8.45. The molecule has 0 amide bonds. The van der Waals surface area contributed by atoms with Crippen molar-refractivity contribution in [3.05, 3.63) is 0 Å². The molecule has 98 valence electrons. The van der Waals surface area contributed by atoms with E-state index < -0.39 is 0 Å². The Morgan fingerprint density at radius 1 is 0.571 bits per heavy atom. The van der Waals surface area contributed by atoms with E-state index in [0.717, 1.165) is 0 Å². The summed E-state index contributed by atoms with van der Waals surface area (Å²) in [5, 5.41) is 5.50. The fourth-order valence-corrected chi connectivity index (χ4v) is 0. The maximum absolute atomic E-state index is 2.75. The molecule has 0 atom stereocenters. The van der Waals surface area contributed by atoms with Gasteiger partial charge in [-0.3, -0.25) is 0 Å². The molecule has 0 aliphatic heterocycles. The molecule has 0 unspecified atom stereocenters. The van der Waals surface area contributed by atoms with Gasteiger partial charge in [0.25, 0.3) is 0 Å². The molecule has 0 fully saturated rings. The van der Waals surface area contributed by atoms with Gasteiger partial charge >= 0.3 is 0 Å². The van der Waals surface area contributed by atoms with Crippen molar-refractivity contribution in [2.24, 2.45) is 0 Å². The summed E-state index contributed by atoms with van der Waals surface area (Å²) in [6, 6.07) is 0. The summed E-state index contributed by atoms with van der Waals surface area (Å²) in [7, 11) is 13.5. The number of rotatable bonds is 0. The highest BCUT2D eigenvalue weighted by molar-refractivity contribution is 4.09. The van der Waals surface area contributed by atoms with E-state index in [0.29, 0.717) is 0 Å². The molecule has 0 spiro atoms. The van der Waals surface area contributed by atoms with Crippen LogP contribution >= 0.6 is 0 Å². The first-order chi connectivity index (χ1) is 4.56. The van der Waals surface area contributed by atoms with Crippen LogP contribution in [-0.4, -0.2) is 54.2 Å². The van der Waals surface area contributed by atoms with E-state index in [1.165, 1.54) is 0 Å². The molecule has 0 saturated carbocycles. The molecule has 0 saturated heterocycles. The van der Waals surface area contributed by atoms with Crippen molar-refractivity contribution < 1.29 is 0 Å². The maximum Gasteiger partial charge on any atom is -0.0140 e. The van der Waals surface area contributed by atoms with Gasteiger partial charge in [0.1, 0.15) is 0 Å². The van der Waals surface area contributed by atoms with E-state index in [4.69, 9.17) is 0 Å². The molecule has 3 nitrogen and oxygen atoms in total. The lowest BCUT2D eigenvalue weighted by Crippen LogP contribution is -1.99. The molecule has 14 heavy (non-hydrogen) atoms. The summed E-state index contributed by atoms with van der Waals surface area (Å²) < 4.78 is 0. The molecule has 2 N–H and O–H groups in total. The smallest absolute Gasteiger partial charge is 0.0140 e. The van der Waals surface area contributed by atoms with Crippen molar-refractivity contribution >= 4 is 0 Å². The van der Waals surface area contributed by atoms with E-state index in [-0.39, 0.29) is 29.7 Å². The third-order valence-corrected chi connectivity index (χ3v) is 0. The second-order valence-electron chi connectivity index (χ2n) is 2.34.